The number of thiazole rings is 1. The summed E-state index contributed by atoms with van der Waals surface area (Å²) in [5.74, 6) is -0.142. The number of nitrogens with zero attached hydrogens (tertiary/aromatic N) is 1. The average molecular weight is 271 g/mol. The molecule has 1 aromatic rings. The second-order valence-electron chi connectivity index (χ2n) is 4.35. The molecule has 1 aromatic heterocycles. The number of hydrogen-bond donors (Lipinski definition) is 2. The molecule has 0 aromatic carbocycles. The van der Waals surface area contributed by atoms with E-state index in [2.05, 4.69) is 10.3 Å². The third kappa shape index (κ3) is 3.74. The zero-order chi connectivity index (χ0) is 13.1. The van der Waals surface area contributed by atoms with Crippen LogP contribution >= 0.6 is 23.6 Å². The molecular weight excluding hydrogens is 254 g/mol. The van der Waals surface area contributed by atoms with Gasteiger partial charge in [0.05, 0.1) is 21.1 Å². The zero-order valence-electron chi connectivity index (χ0n) is 10.2. The molecule has 0 aliphatic carbocycles. The fourth-order valence-electron chi connectivity index (χ4n) is 1.16. The number of carbonyl (C=O) groups is 1. The highest BCUT2D eigenvalue weighted by Crippen LogP contribution is 2.15. The molecule has 3 N–H and O–H groups in total. The first-order chi connectivity index (χ1) is 7.84. The summed E-state index contributed by atoms with van der Waals surface area (Å²) in [6.07, 6.45) is 0.726. The van der Waals surface area contributed by atoms with Gasteiger partial charge in [-0.15, -0.1) is 11.3 Å². The normalized spacial score (nSPS) is 11.2. The molecule has 94 valence electrons. The van der Waals surface area contributed by atoms with E-state index < -0.39 is 5.41 Å². The Balaban J connectivity index is 2.42. The fraction of sp³-hybridized carbons (Fsp3) is 0.545. The number of nitrogens with two attached hydrogens (primary N) is 1. The second kappa shape index (κ2) is 5.55. The summed E-state index contributed by atoms with van der Waals surface area (Å²) in [6.45, 7) is 5.95. The third-order valence-corrected chi connectivity index (χ3v) is 3.85. The number of hydrogen-bond acceptors (Lipinski definition) is 4. The highest BCUT2D eigenvalue weighted by molar-refractivity contribution is 7.80. The van der Waals surface area contributed by atoms with Crippen molar-refractivity contribution in [3.63, 3.8) is 0 Å². The van der Waals surface area contributed by atoms with Crippen LogP contribution in [0.2, 0.25) is 0 Å². The molecule has 0 radical (unpaired) electrons. The van der Waals surface area contributed by atoms with Gasteiger partial charge in [0.2, 0.25) is 5.91 Å². The van der Waals surface area contributed by atoms with Gasteiger partial charge in [-0.3, -0.25) is 4.79 Å². The zero-order valence-corrected chi connectivity index (χ0v) is 11.9. The number of aryl methyl sites for hydroxylation is 1. The van der Waals surface area contributed by atoms with Gasteiger partial charge in [0.15, 0.2) is 0 Å². The van der Waals surface area contributed by atoms with Gasteiger partial charge in [-0.25, -0.2) is 4.98 Å². The van der Waals surface area contributed by atoms with E-state index in [-0.39, 0.29) is 10.9 Å². The van der Waals surface area contributed by atoms with E-state index in [1.165, 1.54) is 0 Å². The molecule has 0 saturated carbocycles. The number of amides is 1. The van der Waals surface area contributed by atoms with E-state index in [0.717, 1.165) is 17.1 Å². The molecule has 1 heterocycles. The third-order valence-electron chi connectivity index (χ3n) is 2.52. The first-order valence-electron chi connectivity index (χ1n) is 5.33. The molecule has 4 nitrogen and oxygen atoms in total. The quantitative estimate of drug-likeness (QED) is 0.795. The standard InChI is InChI=1S/C11H17N3OS2/c1-7-14-8(6-17-7)4-5-13-10(15)11(2,3)9(12)16/h6H,4-5H2,1-3H3,(H2,12,16)(H,13,15). The Morgan fingerprint density at radius 2 is 2.29 bits per heavy atom. The van der Waals surface area contributed by atoms with E-state index in [1.54, 1.807) is 25.2 Å². The highest BCUT2D eigenvalue weighted by Gasteiger charge is 2.30. The van der Waals surface area contributed by atoms with Crippen LogP contribution in [0.15, 0.2) is 5.38 Å². The first-order valence-corrected chi connectivity index (χ1v) is 6.62. The van der Waals surface area contributed by atoms with E-state index in [4.69, 9.17) is 18.0 Å². The maximum atomic E-state index is 11.8. The van der Waals surface area contributed by atoms with Crippen LogP contribution in [-0.4, -0.2) is 22.4 Å². The van der Waals surface area contributed by atoms with Crippen molar-refractivity contribution in [1.82, 2.24) is 10.3 Å². The fourth-order valence-corrected chi connectivity index (χ4v) is 1.90. The Labute approximate surface area is 111 Å². The maximum Gasteiger partial charge on any atom is 0.232 e. The van der Waals surface area contributed by atoms with Crippen molar-refractivity contribution in [2.75, 3.05) is 6.54 Å². The van der Waals surface area contributed by atoms with Gasteiger partial charge in [0, 0.05) is 18.3 Å². The van der Waals surface area contributed by atoms with E-state index in [0.29, 0.717) is 6.54 Å². The Hall–Kier alpha value is -1.01. The summed E-state index contributed by atoms with van der Waals surface area (Å²) in [6, 6.07) is 0. The molecule has 0 spiro atoms. The molecule has 17 heavy (non-hydrogen) atoms. The summed E-state index contributed by atoms with van der Waals surface area (Å²) in [5.41, 5.74) is 5.72. The molecule has 6 heteroatoms. The number of nitrogens with one attached hydrogen (secondary N) is 1. The van der Waals surface area contributed by atoms with Crippen molar-refractivity contribution in [3.8, 4) is 0 Å². The van der Waals surface area contributed by atoms with Crippen LogP contribution in [-0.2, 0) is 11.2 Å². The van der Waals surface area contributed by atoms with Gasteiger partial charge in [0.1, 0.15) is 0 Å². The Kier molecular flexibility index (Phi) is 4.59. The van der Waals surface area contributed by atoms with Crippen molar-refractivity contribution in [2.45, 2.75) is 27.2 Å². The van der Waals surface area contributed by atoms with Gasteiger partial charge in [-0.2, -0.15) is 0 Å². The minimum atomic E-state index is -0.798. The van der Waals surface area contributed by atoms with Gasteiger partial charge >= 0.3 is 0 Å². The van der Waals surface area contributed by atoms with E-state index in [1.807, 2.05) is 12.3 Å². The van der Waals surface area contributed by atoms with Crippen molar-refractivity contribution in [2.24, 2.45) is 11.1 Å². The van der Waals surface area contributed by atoms with Gasteiger partial charge < -0.3 is 11.1 Å². The van der Waals surface area contributed by atoms with Gasteiger partial charge in [0.25, 0.3) is 0 Å². The number of aromatic nitrogens is 1. The highest BCUT2D eigenvalue weighted by atomic mass is 32.1. The topological polar surface area (TPSA) is 68.0 Å². The van der Waals surface area contributed by atoms with E-state index >= 15 is 0 Å². The summed E-state index contributed by atoms with van der Waals surface area (Å²) >= 11 is 6.47. The summed E-state index contributed by atoms with van der Waals surface area (Å²) in [4.78, 5) is 16.3. The van der Waals surface area contributed by atoms with Crippen molar-refractivity contribution >= 4 is 34.5 Å². The molecule has 1 amide bonds. The molecule has 0 bridgehead atoms. The molecular formula is C11H17N3OS2. The second-order valence-corrected chi connectivity index (χ2v) is 5.86. The molecule has 0 fully saturated rings. The summed E-state index contributed by atoms with van der Waals surface area (Å²) < 4.78 is 0. The Bertz CT molecular complexity index is 426. The number of thiocarbonyl (C=S) groups is 1. The lowest BCUT2D eigenvalue weighted by atomic mass is 9.92. The molecule has 0 aliphatic heterocycles. The lowest BCUT2D eigenvalue weighted by Crippen LogP contribution is -2.45. The van der Waals surface area contributed by atoms with Crippen molar-refractivity contribution in [3.05, 3.63) is 16.1 Å². The predicted octanol–water partition coefficient (Wildman–Crippen LogP) is 1.42. The molecule has 0 saturated heterocycles. The van der Waals surface area contributed by atoms with Crippen LogP contribution in [0.5, 0.6) is 0 Å². The largest absolute Gasteiger partial charge is 0.392 e. The molecule has 0 unspecified atom stereocenters. The van der Waals surface area contributed by atoms with Crippen LogP contribution in [0.4, 0.5) is 0 Å². The smallest absolute Gasteiger partial charge is 0.232 e. The monoisotopic (exact) mass is 271 g/mol. The summed E-state index contributed by atoms with van der Waals surface area (Å²) in [5, 5.41) is 5.86. The maximum absolute atomic E-state index is 11.8. The molecule has 0 atom stereocenters. The average Bonchev–Trinajstić information content (AvgIpc) is 2.63. The van der Waals surface area contributed by atoms with Crippen LogP contribution in [0.1, 0.15) is 24.5 Å². The first kappa shape index (κ1) is 14.1. The van der Waals surface area contributed by atoms with Crippen LogP contribution in [0.25, 0.3) is 0 Å². The van der Waals surface area contributed by atoms with Gasteiger partial charge in [-0.05, 0) is 20.8 Å². The number of carbonyl (C=O) groups excluding carboxylic acids is 1. The van der Waals surface area contributed by atoms with Crippen molar-refractivity contribution < 1.29 is 4.79 Å². The van der Waals surface area contributed by atoms with E-state index in [9.17, 15) is 4.79 Å². The summed E-state index contributed by atoms with van der Waals surface area (Å²) in [7, 11) is 0. The van der Waals surface area contributed by atoms with Crippen molar-refractivity contribution in [1.29, 1.82) is 0 Å². The van der Waals surface area contributed by atoms with Crippen LogP contribution < -0.4 is 11.1 Å². The lowest BCUT2D eigenvalue weighted by molar-refractivity contribution is -0.126. The minimum Gasteiger partial charge on any atom is -0.392 e. The predicted molar refractivity (Wildman–Crippen MR) is 74.1 cm³/mol. The van der Waals surface area contributed by atoms with Gasteiger partial charge in [-0.1, -0.05) is 12.2 Å². The lowest BCUT2D eigenvalue weighted by Gasteiger charge is -2.21. The minimum absolute atomic E-state index is 0.142. The van der Waals surface area contributed by atoms with Crippen LogP contribution in [0, 0.1) is 12.3 Å². The number of rotatable bonds is 5. The SMILES string of the molecule is Cc1nc(CCNC(=O)C(C)(C)C(N)=S)cs1. The molecule has 0 aliphatic rings. The Morgan fingerprint density at radius 3 is 2.76 bits per heavy atom. The molecule has 1 rings (SSSR count). The Morgan fingerprint density at radius 1 is 1.65 bits per heavy atom. The van der Waals surface area contributed by atoms with Crippen LogP contribution in [0.3, 0.4) is 0 Å².